The van der Waals surface area contributed by atoms with Crippen LogP contribution >= 0.6 is 11.3 Å². The van der Waals surface area contributed by atoms with Gasteiger partial charge in [-0.2, -0.15) is 0 Å². The summed E-state index contributed by atoms with van der Waals surface area (Å²) in [6, 6.07) is 13.5. The van der Waals surface area contributed by atoms with Crippen LogP contribution in [0.2, 0.25) is 0 Å². The number of anilines is 1. The van der Waals surface area contributed by atoms with Crippen LogP contribution in [-0.4, -0.2) is 45.2 Å². The van der Waals surface area contributed by atoms with Gasteiger partial charge in [-0.15, -0.1) is 0 Å². The summed E-state index contributed by atoms with van der Waals surface area (Å²) in [5.41, 5.74) is 2.69. The normalized spacial score (nSPS) is 11.1. The van der Waals surface area contributed by atoms with Crippen LogP contribution in [0.3, 0.4) is 0 Å². The Labute approximate surface area is 164 Å². The second kappa shape index (κ2) is 8.50. The van der Waals surface area contributed by atoms with E-state index in [9.17, 15) is 4.79 Å². The lowest BCUT2D eigenvalue weighted by molar-refractivity contribution is -0.858. The lowest BCUT2D eigenvalue weighted by Gasteiger charge is -2.20. The van der Waals surface area contributed by atoms with Crippen molar-refractivity contribution in [3.05, 3.63) is 53.6 Å². The van der Waals surface area contributed by atoms with Crippen molar-refractivity contribution in [2.24, 2.45) is 0 Å². The second-order valence-electron chi connectivity index (χ2n) is 6.96. The highest BCUT2D eigenvalue weighted by atomic mass is 32.1. The number of aromatic nitrogens is 1. The number of carbonyl (C=O) groups is 1. The van der Waals surface area contributed by atoms with E-state index in [1.165, 1.54) is 4.90 Å². The summed E-state index contributed by atoms with van der Waals surface area (Å²) in [6.45, 7) is 3.66. The maximum Gasteiger partial charge on any atom is 0.260 e. The molecule has 6 heteroatoms. The Morgan fingerprint density at radius 2 is 1.93 bits per heavy atom. The van der Waals surface area contributed by atoms with Crippen molar-refractivity contribution in [3.63, 3.8) is 0 Å². The Bertz CT molecular complexity index is 919. The van der Waals surface area contributed by atoms with E-state index in [1.54, 1.807) is 18.4 Å². The lowest BCUT2D eigenvalue weighted by Crippen LogP contribution is -3.05. The molecule has 0 fully saturated rings. The molecule has 1 heterocycles. The minimum absolute atomic E-state index is 0.00484. The highest BCUT2D eigenvalue weighted by Gasteiger charge is 2.21. The van der Waals surface area contributed by atoms with Gasteiger partial charge in [-0.3, -0.25) is 9.69 Å². The van der Waals surface area contributed by atoms with Crippen LogP contribution in [0.4, 0.5) is 5.13 Å². The van der Waals surface area contributed by atoms with Crippen LogP contribution in [0.5, 0.6) is 5.75 Å². The summed E-state index contributed by atoms with van der Waals surface area (Å²) in [7, 11) is 5.89. The zero-order valence-corrected chi connectivity index (χ0v) is 17.1. The van der Waals surface area contributed by atoms with Gasteiger partial charge in [-0.05, 0) is 31.2 Å². The molecule has 0 aliphatic rings. The Hall–Kier alpha value is -2.44. The SMILES string of the molecule is COc1ccc2sc(N(CCC[NH+](C)C)C(=O)c3ccc(C)cc3)nc2c1. The van der Waals surface area contributed by atoms with Crippen molar-refractivity contribution < 1.29 is 14.4 Å². The van der Waals surface area contributed by atoms with E-state index in [-0.39, 0.29) is 5.91 Å². The van der Waals surface area contributed by atoms with Crippen molar-refractivity contribution in [3.8, 4) is 5.75 Å². The fourth-order valence-corrected chi connectivity index (χ4v) is 3.83. The van der Waals surface area contributed by atoms with Crippen LogP contribution in [0.15, 0.2) is 42.5 Å². The summed E-state index contributed by atoms with van der Waals surface area (Å²) in [5.74, 6) is 0.766. The zero-order valence-electron chi connectivity index (χ0n) is 16.3. The second-order valence-corrected chi connectivity index (χ2v) is 7.97. The third-order valence-electron chi connectivity index (χ3n) is 4.42. The lowest BCUT2D eigenvalue weighted by atomic mass is 10.1. The fraction of sp³-hybridized carbons (Fsp3) is 0.333. The number of quaternary nitrogens is 1. The van der Waals surface area contributed by atoms with Crippen molar-refractivity contribution in [2.45, 2.75) is 13.3 Å². The number of rotatable bonds is 7. The van der Waals surface area contributed by atoms with Gasteiger partial charge < -0.3 is 9.64 Å². The summed E-state index contributed by atoms with van der Waals surface area (Å²) in [6.07, 6.45) is 0.916. The third-order valence-corrected chi connectivity index (χ3v) is 5.48. The third kappa shape index (κ3) is 4.64. The van der Waals surface area contributed by atoms with Crippen molar-refractivity contribution >= 4 is 32.6 Å². The van der Waals surface area contributed by atoms with Gasteiger partial charge in [0.25, 0.3) is 5.91 Å². The monoisotopic (exact) mass is 384 g/mol. The first-order valence-corrected chi connectivity index (χ1v) is 9.91. The first kappa shape index (κ1) is 19.3. The van der Waals surface area contributed by atoms with Gasteiger partial charge in [-0.25, -0.2) is 4.98 Å². The first-order chi connectivity index (χ1) is 13.0. The summed E-state index contributed by atoms with van der Waals surface area (Å²) < 4.78 is 6.34. The number of carbonyl (C=O) groups excluding carboxylic acids is 1. The number of nitrogens with zero attached hydrogens (tertiary/aromatic N) is 2. The molecule has 0 radical (unpaired) electrons. The number of aryl methyl sites for hydroxylation is 1. The first-order valence-electron chi connectivity index (χ1n) is 9.10. The maximum absolute atomic E-state index is 13.2. The Morgan fingerprint density at radius 1 is 1.19 bits per heavy atom. The number of nitrogens with one attached hydrogen (secondary N) is 1. The van der Waals surface area contributed by atoms with Gasteiger partial charge in [0.2, 0.25) is 0 Å². The predicted octanol–water partition coefficient (Wildman–Crippen LogP) is 2.79. The van der Waals surface area contributed by atoms with E-state index in [4.69, 9.17) is 9.72 Å². The fourth-order valence-electron chi connectivity index (χ4n) is 2.86. The Morgan fingerprint density at radius 3 is 2.59 bits per heavy atom. The number of methoxy groups -OCH3 is 1. The molecule has 0 saturated carbocycles. The van der Waals surface area contributed by atoms with Crippen LogP contribution < -0.4 is 14.5 Å². The molecular weight excluding hydrogens is 358 g/mol. The topological polar surface area (TPSA) is 46.9 Å². The summed E-state index contributed by atoms with van der Waals surface area (Å²) >= 11 is 1.54. The Balaban J connectivity index is 1.93. The van der Waals surface area contributed by atoms with Crippen LogP contribution in [0.25, 0.3) is 10.2 Å². The number of hydrogen-bond acceptors (Lipinski definition) is 4. The smallest absolute Gasteiger partial charge is 0.260 e. The van der Waals surface area contributed by atoms with E-state index >= 15 is 0 Å². The average molecular weight is 385 g/mol. The minimum atomic E-state index is -0.00484. The average Bonchev–Trinajstić information content (AvgIpc) is 3.07. The number of benzene rings is 2. The number of amides is 1. The molecule has 0 bridgehead atoms. The molecule has 3 rings (SSSR count). The molecular formula is C21H26N3O2S+. The van der Waals surface area contributed by atoms with Crippen LogP contribution in [0.1, 0.15) is 22.3 Å². The van der Waals surface area contributed by atoms with E-state index in [1.807, 2.05) is 54.3 Å². The van der Waals surface area contributed by atoms with Gasteiger partial charge in [0.15, 0.2) is 5.13 Å². The van der Waals surface area contributed by atoms with Crippen molar-refractivity contribution in [2.75, 3.05) is 39.2 Å². The molecule has 142 valence electrons. The van der Waals surface area contributed by atoms with Gasteiger partial charge in [0, 0.05) is 24.6 Å². The number of hydrogen-bond donors (Lipinski definition) is 1. The molecule has 27 heavy (non-hydrogen) atoms. The molecule has 0 atom stereocenters. The largest absolute Gasteiger partial charge is 0.497 e. The van der Waals surface area contributed by atoms with E-state index in [0.717, 1.165) is 39.6 Å². The molecule has 0 aliphatic carbocycles. The van der Waals surface area contributed by atoms with Crippen molar-refractivity contribution in [1.29, 1.82) is 0 Å². The molecule has 1 amide bonds. The van der Waals surface area contributed by atoms with E-state index in [0.29, 0.717) is 12.1 Å². The molecule has 2 aromatic carbocycles. The van der Waals surface area contributed by atoms with E-state index < -0.39 is 0 Å². The van der Waals surface area contributed by atoms with Crippen LogP contribution in [-0.2, 0) is 0 Å². The number of thiazole rings is 1. The molecule has 1 aromatic heterocycles. The Kier molecular flexibility index (Phi) is 6.08. The quantitative estimate of drug-likeness (QED) is 0.681. The maximum atomic E-state index is 13.2. The molecule has 0 saturated heterocycles. The number of ether oxygens (including phenoxy) is 1. The zero-order chi connectivity index (χ0) is 19.4. The minimum Gasteiger partial charge on any atom is -0.497 e. The predicted molar refractivity (Wildman–Crippen MR) is 111 cm³/mol. The standard InChI is InChI=1S/C21H25N3O2S/c1-15-6-8-16(9-7-15)20(25)24(13-5-12-23(2)3)21-22-18-14-17(26-4)10-11-19(18)27-21/h6-11,14H,5,12-13H2,1-4H3/p+1. The molecule has 3 aromatic rings. The molecule has 1 N–H and O–H groups in total. The highest BCUT2D eigenvalue weighted by Crippen LogP contribution is 2.32. The molecule has 0 aliphatic heterocycles. The van der Waals surface area contributed by atoms with Crippen LogP contribution in [0, 0.1) is 6.92 Å². The number of fused-ring (bicyclic) bond motifs is 1. The molecule has 0 unspecified atom stereocenters. The van der Waals surface area contributed by atoms with Gasteiger partial charge in [0.1, 0.15) is 5.75 Å². The van der Waals surface area contributed by atoms with Gasteiger partial charge in [-0.1, -0.05) is 29.0 Å². The summed E-state index contributed by atoms with van der Waals surface area (Å²) in [5, 5.41) is 0.734. The van der Waals surface area contributed by atoms with Crippen molar-refractivity contribution in [1.82, 2.24) is 4.98 Å². The van der Waals surface area contributed by atoms with Gasteiger partial charge in [0.05, 0.1) is 38.0 Å². The van der Waals surface area contributed by atoms with E-state index in [2.05, 4.69) is 14.1 Å². The highest BCUT2D eigenvalue weighted by molar-refractivity contribution is 7.22. The molecule has 5 nitrogen and oxygen atoms in total. The van der Waals surface area contributed by atoms with Gasteiger partial charge >= 0.3 is 0 Å². The molecule has 0 spiro atoms. The summed E-state index contributed by atoms with van der Waals surface area (Å²) in [4.78, 5) is 21.1.